The topological polar surface area (TPSA) is 80.8 Å². The molecule has 1 saturated carbocycles. The van der Waals surface area contributed by atoms with Crippen molar-refractivity contribution < 1.29 is 13.2 Å². The Morgan fingerprint density at radius 3 is 2.78 bits per heavy atom. The molecule has 6 rings (SSSR count). The summed E-state index contributed by atoms with van der Waals surface area (Å²) in [7, 11) is 0. The summed E-state index contributed by atoms with van der Waals surface area (Å²) in [4.78, 5) is 20.3. The van der Waals surface area contributed by atoms with Crippen molar-refractivity contribution in [3.8, 4) is 0 Å². The number of hydrogen-bond acceptors (Lipinski definition) is 7. The van der Waals surface area contributed by atoms with Crippen molar-refractivity contribution in [2.75, 3.05) is 24.5 Å². The second-order valence-corrected chi connectivity index (χ2v) is 10.4. The molecule has 2 N–H and O–H groups in total. The molecule has 2 aliphatic rings. The lowest BCUT2D eigenvalue weighted by molar-refractivity contribution is 0.523. The van der Waals surface area contributed by atoms with E-state index in [2.05, 4.69) is 19.9 Å². The number of piperidine rings is 1. The molecule has 1 saturated heterocycles. The first-order valence-corrected chi connectivity index (χ1v) is 12.6. The van der Waals surface area contributed by atoms with Crippen LogP contribution in [-0.2, 0) is 5.41 Å². The molecule has 6 nitrogen and oxygen atoms in total. The van der Waals surface area contributed by atoms with E-state index in [1.165, 1.54) is 23.9 Å². The lowest BCUT2D eigenvalue weighted by Gasteiger charge is -2.27. The number of nitrogens with two attached hydrogens (primary N) is 1. The quantitative estimate of drug-likeness (QED) is 0.420. The molecule has 184 valence electrons. The molecule has 2 fully saturated rings. The summed E-state index contributed by atoms with van der Waals surface area (Å²) in [5.74, 6) is -0.193. The van der Waals surface area contributed by atoms with E-state index in [4.69, 9.17) is 10.7 Å². The van der Waals surface area contributed by atoms with Gasteiger partial charge in [-0.05, 0) is 67.1 Å². The van der Waals surface area contributed by atoms with Gasteiger partial charge in [-0.3, -0.25) is 4.98 Å². The fourth-order valence-corrected chi connectivity index (χ4v) is 6.51. The Hall–Kier alpha value is -3.24. The molecular weight excluding hydrogens is 485 g/mol. The Bertz CT molecular complexity index is 1480. The number of anilines is 1. The van der Waals surface area contributed by atoms with E-state index < -0.39 is 17.0 Å². The zero-order chi connectivity index (χ0) is 25.0. The molecule has 36 heavy (non-hydrogen) atoms. The third-order valence-electron chi connectivity index (χ3n) is 7.53. The number of aromatic nitrogens is 4. The minimum Gasteiger partial charge on any atom is -0.355 e. The number of halogens is 3. The highest BCUT2D eigenvalue weighted by atomic mass is 32.2. The first-order chi connectivity index (χ1) is 17.4. The second kappa shape index (κ2) is 8.70. The lowest BCUT2D eigenvalue weighted by Crippen LogP contribution is -2.32. The average molecular weight is 509 g/mol. The highest BCUT2D eigenvalue weighted by molar-refractivity contribution is 7.99. The van der Waals surface area contributed by atoms with Crippen LogP contribution in [0.2, 0.25) is 0 Å². The zero-order valence-electron chi connectivity index (χ0n) is 19.5. The first kappa shape index (κ1) is 23.2. The number of hydrogen-bond donors (Lipinski definition) is 1. The number of fused-ring (bicyclic) bond motifs is 2. The van der Waals surface area contributed by atoms with Crippen molar-refractivity contribution in [1.82, 2.24) is 19.9 Å². The van der Waals surface area contributed by atoms with Crippen LogP contribution < -0.4 is 10.6 Å². The van der Waals surface area contributed by atoms with Gasteiger partial charge in [0.05, 0.1) is 16.8 Å². The summed E-state index contributed by atoms with van der Waals surface area (Å²) in [6.45, 7) is 3.25. The maximum Gasteiger partial charge on any atom is 0.179 e. The van der Waals surface area contributed by atoms with Crippen molar-refractivity contribution in [3.05, 3.63) is 77.5 Å². The molecular formula is C26H23F3N6S. The molecule has 3 atom stereocenters. The van der Waals surface area contributed by atoms with Crippen LogP contribution in [0.3, 0.4) is 0 Å². The first-order valence-electron chi connectivity index (χ1n) is 11.7. The number of nitrogens with zero attached hydrogens (tertiary/aromatic N) is 5. The molecule has 4 heterocycles. The third-order valence-corrected chi connectivity index (χ3v) is 8.50. The van der Waals surface area contributed by atoms with Crippen molar-refractivity contribution in [3.63, 3.8) is 0 Å². The van der Waals surface area contributed by atoms with Crippen molar-refractivity contribution >= 4 is 28.7 Å². The summed E-state index contributed by atoms with van der Waals surface area (Å²) < 4.78 is 42.9. The van der Waals surface area contributed by atoms with Gasteiger partial charge in [-0.1, -0.05) is 11.8 Å². The van der Waals surface area contributed by atoms with E-state index >= 15 is 0 Å². The highest BCUT2D eigenvalue weighted by Crippen LogP contribution is 2.63. The fraction of sp³-hybridized carbons (Fsp3) is 0.308. The van der Waals surface area contributed by atoms with E-state index in [1.54, 1.807) is 31.5 Å². The Kier molecular flexibility index (Phi) is 5.60. The molecule has 0 spiro atoms. The van der Waals surface area contributed by atoms with Gasteiger partial charge in [0.25, 0.3) is 0 Å². The summed E-state index contributed by atoms with van der Waals surface area (Å²) in [5, 5.41) is 0.609. The van der Waals surface area contributed by atoms with Gasteiger partial charge >= 0.3 is 0 Å². The summed E-state index contributed by atoms with van der Waals surface area (Å²) in [6.07, 6.45) is 4.05. The molecule has 0 bridgehead atoms. The molecule has 0 amide bonds. The fourth-order valence-electron chi connectivity index (χ4n) is 5.65. The van der Waals surface area contributed by atoms with Gasteiger partial charge in [-0.15, -0.1) is 0 Å². The van der Waals surface area contributed by atoms with Crippen LogP contribution in [0.1, 0.15) is 17.7 Å². The molecule has 1 aromatic carbocycles. The Morgan fingerprint density at radius 2 is 1.94 bits per heavy atom. The predicted octanol–water partition coefficient (Wildman–Crippen LogP) is 4.65. The summed E-state index contributed by atoms with van der Waals surface area (Å²) in [5.41, 5.74) is 7.40. The van der Waals surface area contributed by atoms with Gasteiger partial charge in [0.2, 0.25) is 0 Å². The normalized spacial score (nSPS) is 23.1. The second-order valence-electron chi connectivity index (χ2n) is 9.35. The SMILES string of the molecule is Cc1nccc(Sc2ccc3nc(N4CC[C@@H]5[C@H](C4)[C@@]5(CN)c4cc(F)ccc4F)cnc3n2)c1F. The van der Waals surface area contributed by atoms with Crippen LogP contribution >= 0.6 is 11.8 Å². The largest absolute Gasteiger partial charge is 0.355 e. The van der Waals surface area contributed by atoms with E-state index in [1.807, 2.05) is 6.07 Å². The molecule has 0 unspecified atom stereocenters. The number of rotatable bonds is 5. The van der Waals surface area contributed by atoms with Gasteiger partial charge in [0.1, 0.15) is 28.0 Å². The van der Waals surface area contributed by atoms with Crippen LogP contribution in [0.4, 0.5) is 19.0 Å². The highest BCUT2D eigenvalue weighted by Gasteiger charge is 2.66. The third kappa shape index (κ3) is 3.70. The Balaban J connectivity index is 1.23. The monoisotopic (exact) mass is 508 g/mol. The zero-order valence-corrected chi connectivity index (χ0v) is 20.3. The smallest absolute Gasteiger partial charge is 0.179 e. The maximum absolute atomic E-state index is 14.6. The molecule has 1 aliphatic heterocycles. The maximum atomic E-state index is 14.6. The average Bonchev–Trinajstić information content (AvgIpc) is 3.55. The van der Waals surface area contributed by atoms with Crippen LogP contribution in [0.15, 0.2) is 58.7 Å². The minimum absolute atomic E-state index is 0.112. The van der Waals surface area contributed by atoms with Gasteiger partial charge in [-0.2, -0.15) is 0 Å². The minimum atomic E-state index is -0.556. The number of benzene rings is 1. The molecule has 3 aromatic heterocycles. The van der Waals surface area contributed by atoms with Gasteiger partial charge in [0, 0.05) is 31.2 Å². The predicted molar refractivity (Wildman–Crippen MR) is 131 cm³/mol. The molecule has 10 heteroatoms. The standard InChI is InChI=1S/C26H23F3N6S/c1-14-24(29)21(6-8-31-14)36-23-5-4-20-25(34-23)32-11-22(33-20)35-9-7-16-18(12-35)26(16,13-30)17-10-15(27)2-3-19(17)28/h2-6,8,10-11,16,18H,7,9,12-13,30H2,1H3/t16-,18+,26-/m1/s1. The van der Waals surface area contributed by atoms with Gasteiger partial charge < -0.3 is 10.6 Å². The molecule has 4 aromatic rings. The van der Waals surface area contributed by atoms with Crippen LogP contribution in [0, 0.1) is 36.2 Å². The number of pyridine rings is 2. The van der Waals surface area contributed by atoms with Crippen LogP contribution in [-0.4, -0.2) is 39.6 Å². The summed E-state index contributed by atoms with van der Waals surface area (Å²) >= 11 is 1.21. The van der Waals surface area contributed by atoms with Gasteiger partial charge in [0.15, 0.2) is 11.5 Å². The molecule has 0 radical (unpaired) electrons. The Morgan fingerprint density at radius 1 is 1.08 bits per heavy atom. The lowest BCUT2D eigenvalue weighted by atomic mass is 9.90. The summed E-state index contributed by atoms with van der Waals surface area (Å²) in [6, 6.07) is 8.85. The van der Waals surface area contributed by atoms with Crippen molar-refractivity contribution in [1.29, 1.82) is 0 Å². The Labute approximate surface area is 210 Å². The van der Waals surface area contributed by atoms with Crippen LogP contribution in [0.5, 0.6) is 0 Å². The van der Waals surface area contributed by atoms with Crippen LogP contribution in [0.25, 0.3) is 11.2 Å². The van der Waals surface area contributed by atoms with E-state index in [0.29, 0.717) is 44.7 Å². The van der Waals surface area contributed by atoms with Crippen molar-refractivity contribution in [2.24, 2.45) is 17.6 Å². The van der Waals surface area contributed by atoms with E-state index in [0.717, 1.165) is 19.0 Å². The number of aryl methyl sites for hydroxylation is 1. The van der Waals surface area contributed by atoms with E-state index in [9.17, 15) is 13.2 Å². The van der Waals surface area contributed by atoms with Crippen molar-refractivity contribution in [2.45, 2.75) is 28.7 Å². The van der Waals surface area contributed by atoms with Gasteiger partial charge in [-0.25, -0.2) is 28.1 Å². The molecule has 1 aliphatic carbocycles. The van der Waals surface area contributed by atoms with E-state index in [-0.39, 0.29) is 24.2 Å².